The number of amides is 1. The van der Waals surface area contributed by atoms with Crippen LogP contribution in [0.4, 0.5) is 0 Å². The second-order valence-electron chi connectivity index (χ2n) is 4.58. The Morgan fingerprint density at radius 3 is 2.79 bits per heavy atom. The van der Waals surface area contributed by atoms with E-state index < -0.39 is 11.9 Å². The van der Waals surface area contributed by atoms with Crippen LogP contribution < -0.4 is 5.32 Å². The van der Waals surface area contributed by atoms with Crippen molar-refractivity contribution in [1.29, 1.82) is 0 Å². The molecule has 1 amide bonds. The van der Waals surface area contributed by atoms with E-state index in [2.05, 4.69) is 5.32 Å². The zero-order chi connectivity index (χ0) is 13.7. The van der Waals surface area contributed by atoms with E-state index in [1.807, 2.05) is 5.38 Å². The minimum Gasteiger partial charge on any atom is -0.481 e. The number of hydrogen-bond donors (Lipinski definition) is 2. The van der Waals surface area contributed by atoms with Gasteiger partial charge in [-0.05, 0) is 30.2 Å². The number of carboxylic acids is 1. The second-order valence-corrected chi connectivity index (χ2v) is 5.53. The average molecular weight is 283 g/mol. The molecule has 19 heavy (non-hydrogen) atoms. The van der Waals surface area contributed by atoms with Crippen LogP contribution in [0.2, 0.25) is 0 Å². The average Bonchev–Trinajstić information content (AvgIpc) is 2.93. The fourth-order valence-corrected chi connectivity index (χ4v) is 2.91. The van der Waals surface area contributed by atoms with Crippen LogP contribution in [0.1, 0.15) is 22.5 Å². The van der Waals surface area contributed by atoms with E-state index in [1.165, 1.54) is 11.3 Å². The third kappa shape index (κ3) is 3.78. The monoisotopic (exact) mass is 283 g/mol. The summed E-state index contributed by atoms with van der Waals surface area (Å²) in [6.45, 7) is 1.39. The third-order valence-corrected chi connectivity index (χ3v) is 4.25. The lowest BCUT2D eigenvalue weighted by atomic mass is 9.86. The smallest absolute Gasteiger partial charge is 0.308 e. The fourth-order valence-electron chi connectivity index (χ4n) is 2.27. The van der Waals surface area contributed by atoms with E-state index in [1.54, 1.807) is 12.1 Å². The Labute approximate surface area is 115 Å². The molecule has 5 nitrogen and oxygen atoms in total. The Kier molecular flexibility index (Phi) is 4.93. The largest absolute Gasteiger partial charge is 0.481 e. The summed E-state index contributed by atoms with van der Waals surface area (Å²) in [4.78, 5) is 23.7. The number of thiophene rings is 1. The molecule has 1 aromatic rings. The Bertz CT molecular complexity index is 426. The molecule has 6 heteroatoms. The number of hydrogen-bond acceptors (Lipinski definition) is 4. The molecule has 0 bridgehead atoms. The number of rotatable bonds is 5. The van der Waals surface area contributed by atoms with Gasteiger partial charge in [0.25, 0.3) is 5.91 Å². The summed E-state index contributed by atoms with van der Waals surface area (Å²) >= 11 is 1.35. The maximum atomic E-state index is 11.8. The highest BCUT2D eigenvalue weighted by Crippen LogP contribution is 2.24. The summed E-state index contributed by atoms with van der Waals surface area (Å²) in [6, 6.07) is 3.52. The Hall–Kier alpha value is -1.40. The van der Waals surface area contributed by atoms with Crippen molar-refractivity contribution in [3.05, 3.63) is 22.4 Å². The number of carbonyl (C=O) groups is 2. The molecule has 2 heterocycles. The van der Waals surface area contributed by atoms with Crippen LogP contribution in [0.3, 0.4) is 0 Å². The molecule has 1 fully saturated rings. The van der Waals surface area contributed by atoms with E-state index in [4.69, 9.17) is 4.74 Å². The molecule has 0 saturated carbocycles. The number of ether oxygens (including phenoxy) is 1. The predicted octanol–water partition coefficient (Wildman–Crippen LogP) is 1.61. The van der Waals surface area contributed by atoms with Gasteiger partial charge < -0.3 is 15.2 Å². The lowest BCUT2D eigenvalue weighted by molar-refractivity contribution is -0.144. The number of nitrogens with one attached hydrogen (secondary N) is 1. The van der Waals surface area contributed by atoms with Crippen LogP contribution in [-0.2, 0) is 9.53 Å². The molecular weight excluding hydrogens is 266 g/mol. The molecule has 2 N–H and O–H groups in total. The van der Waals surface area contributed by atoms with Crippen molar-refractivity contribution in [1.82, 2.24) is 5.32 Å². The lowest BCUT2D eigenvalue weighted by Gasteiger charge is -2.27. The molecule has 1 aromatic heterocycles. The summed E-state index contributed by atoms with van der Waals surface area (Å²) in [5.74, 6) is -1.51. The van der Waals surface area contributed by atoms with Gasteiger partial charge in [-0.3, -0.25) is 9.59 Å². The van der Waals surface area contributed by atoms with Crippen molar-refractivity contribution in [3.63, 3.8) is 0 Å². The summed E-state index contributed by atoms with van der Waals surface area (Å²) in [5, 5.41) is 13.8. The molecule has 104 valence electrons. The topological polar surface area (TPSA) is 75.6 Å². The van der Waals surface area contributed by atoms with Crippen molar-refractivity contribution in [2.45, 2.75) is 12.8 Å². The molecule has 1 saturated heterocycles. The van der Waals surface area contributed by atoms with Gasteiger partial charge in [0.1, 0.15) is 0 Å². The minimum atomic E-state index is -0.849. The van der Waals surface area contributed by atoms with Crippen LogP contribution >= 0.6 is 11.3 Å². The molecule has 1 atom stereocenters. The van der Waals surface area contributed by atoms with E-state index in [0.717, 1.165) is 12.8 Å². The standard InChI is InChI=1S/C13H17NO4S/c15-12(11-2-1-7-19-11)14-8-10(13(16)17)9-3-5-18-6-4-9/h1-2,7,9-10H,3-6,8H2,(H,14,15)(H,16,17). The van der Waals surface area contributed by atoms with E-state index >= 15 is 0 Å². The van der Waals surface area contributed by atoms with Crippen LogP contribution in [0, 0.1) is 11.8 Å². The van der Waals surface area contributed by atoms with Crippen LogP contribution in [0.15, 0.2) is 17.5 Å². The first kappa shape index (κ1) is 14.0. The summed E-state index contributed by atoms with van der Waals surface area (Å²) < 4.78 is 5.24. The van der Waals surface area contributed by atoms with Gasteiger partial charge in [0.05, 0.1) is 10.8 Å². The molecule has 1 aliphatic rings. The van der Waals surface area contributed by atoms with Crippen LogP contribution in [-0.4, -0.2) is 36.7 Å². The van der Waals surface area contributed by atoms with Crippen molar-refractivity contribution in [3.8, 4) is 0 Å². The molecule has 2 rings (SSSR count). The highest BCUT2D eigenvalue weighted by molar-refractivity contribution is 7.12. The van der Waals surface area contributed by atoms with E-state index in [-0.39, 0.29) is 18.4 Å². The van der Waals surface area contributed by atoms with Gasteiger partial charge >= 0.3 is 5.97 Å². The summed E-state index contributed by atoms with van der Waals surface area (Å²) in [7, 11) is 0. The lowest BCUT2D eigenvalue weighted by Crippen LogP contribution is -2.38. The van der Waals surface area contributed by atoms with Crippen molar-refractivity contribution in [2.75, 3.05) is 19.8 Å². The molecular formula is C13H17NO4S. The van der Waals surface area contributed by atoms with Gasteiger partial charge in [-0.2, -0.15) is 0 Å². The van der Waals surface area contributed by atoms with Gasteiger partial charge in [0.15, 0.2) is 0 Å². The molecule has 0 aliphatic carbocycles. The Morgan fingerprint density at radius 2 is 2.21 bits per heavy atom. The van der Waals surface area contributed by atoms with Gasteiger partial charge in [-0.25, -0.2) is 0 Å². The Balaban J connectivity index is 1.90. The van der Waals surface area contributed by atoms with Crippen molar-refractivity contribution in [2.24, 2.45) is 11.8 Å². The summed E-state index contributed by atoms with van der Waals surface area (Å²) in [5.41, 5.74) is 0. The maximum Gasteiger partial charge on any atom is 0.308 e. The van der Waals surface area contributed by atoms with Gasteiger partial charge in [0.2, 0.25) is 0 Å². The second kappa shape index (κ2) is 6.68. The van der Waals surface area contributed by atoms with Gasteiger partial charge in [-0.1, -0.05) is 6.07 Å². The minimum absolute atomic E-state index is 0.0786. The molecule has 1 aliphatic heterocycles. The molecule has 0 spiro atoms. The van der Waals surface area contributed by atoms with E-state index in [9.17, 15) is 14.7 Å². The normalized spacial score (nSPS) is 17.9. The first-order valence-electron chi connectivity index (χ1n) is 6.30. The maximum absolute atomic E-state index is 11.8. The summed E-state index contributed by atoms with van der Waals surface area (Å²) in [6.07, 6.45) is 1.48. The predicted molar refractivity (Wildman–Crippen MR) is 71.3 cm³/mol. The quantitative estimate of drug-likeness (QED) is 0.860. The fraction of sp³-hybridized carbons (Fsp3) is 0.538. The van der Waals surface area contributed by atoms with Gasteiger partial charge in [-0.15, -0.1) is 11.3 Å². The SMILES string of the molecule is O=C(NCC(C(=O)O)C1CCOCC1)c1cccs1. The first-order valence-corrected chi connectivity index (χ1v) is 7.18. The zero-order valence-corrected chi connectivity index (χ0v) is 11.3. The van der Waals surface area contributed by atoms with E-state index in [0.29, 0.717) is 18.1 Å². The number of aliphatic carboxylic acids is 1. The van der Waals surface area contributed by atoms with Gasteiger partial charge in [0, 0.05) is 19.8 Å². The molecule has 1 unspecified atom stereocenters. The number of carbonyl (C=O) groups excluding carboxylic acids is 1. The van der Waals surface area contributed by atoms with Crippen molar-refractivity contribution < 1.29 is 19.4 Å². The van der Waals surface area contributed by atoms with Crippen LogP contribution in [0.25, 0.3) is 0 Å². The van der Waals surface area contributed by atoms with Crippen molar-refractivity contribution >= 4 is 23.2 Å². The highest BCUT2D eigenvalue weighted by atomic mass is 32.1. The third-order valence-electron chi connectivity index (χ3n) is 3.38. The highest BCUT2D eigenvalue weighted by Gasteiger charge is 2.30. The first-order chi connectivity index (χ1) is 9.18. The van der Waals surface area contributed by atoms with Crippen LogP contribution in [0.5, 0.6) is 0 Å². The molecule has 0 radical (unpaired) electrons. The molecule has 0 aromatic carbocycles. The Morgan fingerprint density at radius 1 is 1.47 bits per heavy atom. The number of carboxylic acid groups (broad SMARTS) is 1. The zero-order valence-electron chi connectivity index (χ0n) is 10.5.